The summed E-state index contributed by atoms with van der Waals surface area (Å²) < 4.78 is 0. The smallest absolute Gasteiger partial charge is 0.328 e. The molecular formula is C12H15N3O4. The molecule has 0 fully saturated rings. The molecule has 0 bridgehead atoms. The van der Waals surface area contributed by atoms with Gasteiger partial charge in [0.1, 0.15) is 6.04 Å². The van der Waals surface area contributed by atoms with Crippen LogP contribution in [0.15, 0.2) is 24.3 Å². The number of carbonyl (C=O) groups excluding carboxylic acids is 2. The van der Waals surface area contributed by atoms with E-state index in [-0.39, 0.29) is 6.54 Å². The first kappa shape index (κ1) is 14.5. The number of amides is 2. The van der Waals surface area contributed by atoms with E-state index >= 15 is 0 Å². The fraction of sp³-hybridized carbons (Fsp3) is 0.250. The highest BCUT2D eigenvalue weighted by Gasteiger charge is 2.17. The van der Waals surface area contributed by atoms with Crippen molar-refractivity contribution >= 4 is 23.5 Å². The lowest BCUT2D eigenvalue weighted by molar-refractivity contribution is -0.141. The van der Waals surface area contributed by atoms with Crippen molar-refractivity contribution in [3.63, 3.8) is 0 Å². The lowest BCUT2D eigenvalue weighted by Crippen LogP contribution is -2.44. The van der Waals surface area contributed by atoms with E-state index in [0.29, 0.717) is 11.3 Å². The number of nitrogens with two attached hydrogens (primary N) is 1. The first-order chi connectivity index (χ1) is 8.90. The van der Waals surface area contributed by atoms with E-state index in [2.05, 4.69) is 10.6 Å². The van der Waals surface area contributed by atoms with Crippen LogP contribution in [-0.4, -0.2) is 35.5 Å². The number of hydrogen-bond acceptors (Lipinski definition) is 4. The molecule has 0 spiro atoms. The van der Waals surface area contributed by atoms with Gasteiger partial charge in [0.25, 0.3) is 0 Å². The van der Waals surface area contributed by atoms with Crippen LogP contribution in [0.5, 0.6) is 0 Å². The summed E-state index contributed by atoms with van der Waals surface area (Å²) in [7, 11) is 0. The quantitative estimate of drug-likeness (QED) is 0.567. The van der Waals surface area contributed by atoms with Gasteiger partial charge in [-0.05, 0) is 24.3 Å². The normalized spacial score (nSPS) is 11.4. The van der Waals surface area contributed by atoms with E-state index in [9.17, 15) is 14.4 Å². The van der Waals surface area contributed by atoms with Crippen molar-refractivity contribution in [2.24, 2.45) is 5.73 Å². The summed E-state index contributed by atoms with van der Waals surface area (Å²) in [6.45, 7) is 1.28. The molecule has 102 valence electrons. The molecule has 1 aromatic carbocycles. The Labute approximate surface area is 109 Å². The van der Waals surface area contributed by atoms with Crippen molar-refractivity contribution in [3.05, 3.63) is 29.8 Å². The van der Waals surface area contributed by atoms with Crippen molar-refractivity contribution in [2.45, 2.75) is 13.0 Å². The van der Waals surface area contributed by atoms with Crippen molar-refractivity contribution in [1.29, 1.82) is 0 Å². The zero-order valence-corrected chi connectivity index (χ0v) is 10.3. The first-order valence-electron chi connectivity index (χ1n) is 5.54. The average Bonchev–Trinajstić information content (AvgIpc) is 2.34. The van der Waals surface area contributed by atoms with Crippen LogP contribution < -0.4 is 16.4 Å². The van der Waals surface area contributed by atoms with Crippen LogP contribution in [0.1, 0.15) is 17.3 Å². The number of rotatable bonds is 6. The summed E-state index contributed by atoms with van der Waals surface area (Å²) in [5, 5.41) is 14.1. The van der Waals surface area contributed by atoms with Gasteiger partial charge in [-0.2, -0.15) is 0 Å². The SMILES string of the molecule is CC(=O)NC(CNc1ccc(C(N)=O)cc1)C(=O)O. The predicted octanol–water partition coefficient (Wildman–Crippen LogP) is -0.213. The molecule has 7 heteroatoms. The van der Waals surface area contributed by atoms with E-state index in [1.54, 1.807) is 12.1 Å². The molecule has 0 aliphatic carbocycles. The summed E-state index contributed by atoms with van der Waals surface area (Å²) in [5.74, 6) is -2.08. The standard InChI is InChI=1S/C12H15N3O4/c1-7(16)15-10(12(18)19)6-14-9-4-2-8(3-5-9)11(13)17/h2-5,10,14H,6H2,1H3,(H2,13,17)(H,15,16)(H,18,19). The maximum Gasteiger partial charge on any atom is 0.328 e. The number of nitrogens with one attached hydrogen (secondary N) is 2. The molecule has 0 aromatic heterocycles. The van der Waals surface area contributed by atoms with Crippen molar-refractivity contribution in [3.8, 4) is 0 Å². The Bertz CT molecular complexity index is 484. The zero-order valence-electron chi connectivity index (χ0n) is 10.3. The Morgan fingerprint density at radius 3 is 2.26 bits per heavy atom. The largest absolute Gasteiger partial charge is 0.480 e. The first-order valence-corrected chi connectivity index (χ1v) is 5.54. The number of carbonyl (C=O) groups is 3. The molecular weight excluding hydrogens is 250 g/mol. The highest BCUT2D eigenvalue weighted by Crippen LogP contribution is 2.09. The summed E-state index contributed by atoms with van der Waals surface area (Å²) in [4.78, 5) is 32.6. The summed E-state index contributed by atoms with van der Waals surface area (Å²) in [5.41, 5.74) is 6.09. The maximum atomic E-state index is 10.9. The van der Waals surface area contributed by atoms with Gasteiger partial charge in [-0.25, -0.2) is 4.79 Å². The van der Waals surface area contributed by atoms with Gasteiger partial charge in [-0.15, -0.1) is 0 Å². The predicted molar refractivity (Wildman–Crippen MR) is 68.7 cm³/mol. The van der Waals surface area contributed by atoms with Crippen LogP contribution in [0.2, 0.25) is 0 Å². The molecule has 1 rings (SSSR count). The molecule has 0 heterocycles. The Morgan fingerprint density at radius 1 is 1.26 bits per heavy atom. The highest BCUT2D eigenvalue weighted by atomic mass is 16.4. The number of benzene rings is 1. The van der Waals surface area contributed by atoms with E-state index in [0.717, 1.165) is 0 Å². The number of carboxylic acid groups (broad SMARTS) is 1. The lowest BCUT2D eigenvalue weighted by Gasteiger charge is -2.15. The van der Waals surface area contributed by atoms with Crippen molar-refractivity contribution < 1.29 is 19.5 Å². The van der Waals surface area contributed by atoms with E-state index in [1.165, 1.54) is 19.1 Å². The number of aliphatic carboxylic acids is 1. The summed E-state index contributed by atoms with van der Waals surface area (Å²) >= 11 is 0. The number of carboxylic acids is 1. The molecule has 19 heavy (non-hydrogen) atoms. The minimum absolute atomic E-state index is 0.0326. The van der Waals surface area contributed by atoms with Gasteiger partial charge in [0.05, 0.1) is 0 Å². The Balaban J connectivity index is 2.61. The number of primary amides is 1. The van der Waals surface area contributed by atoms with Gasteiger partial charge in [-0.1, -0.05) is 0 Å². The van der Waals surface area contributed by atoms with E-state index in [4.69, 9.17) is 10.8 Å². The van der Waals surface area contributed by atoms with E-state index in [1.807, 2.05) is 0 Å². The monoisotopic (exact) mass is 265 g/mol. The molecule has 1 atom stereocenters. The molecule has 0 aliphatic heterocycles. The summed E-state index contributed by atoms with van der Waals surface area (Å²) in [6, 6.07) is 5.24. The second-order valence-electron chi connectivity index (χ2n) is 3.91. The third kappa shape index (κ3) is 4.66. The Kier molecular flexibility index (Phi) is 4.87. The van der Waals surface area contributed by atoms with Crippen LogP contribution in [0.4, 0.5) is 5.69 Å². The third-order valence-corrected chi connectivity index (χ3v) is 2.36. The van der Waals surface area contributed by atoms with Crippen LogP contribution in [0, 0.1) is 0 Å². The van der Waals surface area contributed by atoms with E-state index < -0.39 is 23.8 Å². The third-order valence-electron chi connectivity index (χ3n) is 2.36. The second-order valence-corrected chi connectivity index (χ2v) is 3.91. The highest BCUT2D eigenvalue weighted by molar-refractivity contribution is 5.93. The molecule has 0 radical (unpaired) electrons. The molecule has 5 N–H and O–H groups in total. The average molecular weight is 265 g/mol. The van der Waals surface area contributed by atoms with Crippen LogP contribution in [-0.2, 0) is 9.59 Å². The van der Waals surface area contributed by atoms with Gasteiger partial charge >= 0.3 is 5.97 Å². The molecule has 7 nitrogen and oxygen atoms in total. The topological polar surface area (TPSA) is 122 Å². The van der Waals surface area contributed by atoms with Gasteiger partial charge in [0.2, 0.25) is 11.8 Å². The fourth-order valence-corrected chi connectivity index (χ4v) is 1.42. The minimum atomic E-state index is -1.13. The molecule has 2 amide bonds. The van der Waals surface area contributed by atoms with Gasteiger partial charge < -0.3 is 21.5 Å². The Morgan fingerprint density at radius 2 is 1.84 bits per heavy atom. The second kappa shape index (κ2) is 6.39. The Hall–Kier alpha value is -2.57. The minimum Gasteiger partial charge on any atom is -0.480 e. The fourth-order valence-electron chi connectivity index (χ4n) is 1.42. The molecule has 1 aromatic rings. The molecule has 1 unspecified atom stereocenters. The van der Waals surface area contributed by atoms with Crippen molar-refractivity contribution in [2.75, 3.05) is 11.9 Å². The lowest BCUT2D eigenvalue weighted by atomic mass is 10.2. The zero-order chi connectivity index (χ0) is 14.4. The summed E-state index contributed by atoms with van der Waals surface area (Å²) in [6.07, 6.45) is 0. The number of hydrogen-bond donors (Lipinski definition) is 4. The van der Waals surface area contributed by atoms with Gasteiger partial charge in [-0.3, -0.25) is 9.59 Å². The molecule has 0 aliphatic rings. The molecule has 0 saturated heterocycles. The number of anilines is 1. The van der Waals surface area contributed by atoms with Crippen LogP contribution >= 0.6 is 0 Å². The van der Waals surface area contributed by atoms with Crippen molar-refractivity contribution in [1.82, 2.24) is 5.32 Å². The maximum absolute atomic E-state index is 10.9. The van der Waals surface area contributed by atoms with Crippen LogP contribution in [0.25, 0.3) is 0 Å². The molecule has 0 saturated carbocycles. The van der Waals surface area contributed by atoms with Gasteiger partial charge in [0, 0.05) is 24.7 Å². The van der Waals surface area contributed by atoms with Crippen LogP contribution in [0.3, 0.4) is 0 Å². The van der Waals surface area contributed by atoms with Gasteiger partial charge in [0.15, 0.2) is 0 Å².